The molecular weight excluding hydrogens is 256 g/mol. The van der Waals surface area contributed by atoms with Crippen molar-refractivity contribution < 1.29 is 14.4 Å². The van der Waals surface area contributed by atoms with Gasteiger partial charge < -0.3 is 14.9 Å². The van der Waals surface area contributed by atoms with Gasteiger partial charge in [0.15, 0.2) is 0 Å². The molecule has 0 radical (unpaired) electrons. The van der Waals surface area contributed by atoms with Gasteiger partial charge in [-0.2, -0.15) is 0 Å². The fourth-order valence-electron chi connectivity index (χ4n) is 2.09. The molecule has 0 aliphatic heterocycles. The lowest BCUT2D eigenvalue weighted by atomic mass is 10.1. The van der Waals surface area contributed by atoms with Crippen LogP contribution in [0.15, 0.2) is 28.8 Å². The highest BCUT2D eigenvalue weighted by Gasteiger charge is 2.17. The molecule has 5 heteroatoms. The van der Waals surface area contributed by atoms with Crippen LogP contribution in [0.4, 0.5) is 5.69 Å². The van der Waals surface area contributed by atoms with Gasteiger partial charge in [0, 0.05) is 12.3 Å². The van der Waals surface area contributed by atoms with Crippen molar-refractivity contribution in [2.75, 3.05) is 11.9 Å². The smallest absolute Gasteiger partial charge is 0.261 e. The molecule has 0 bridgehead atoms. The average Bonchev–Trinajstić information content (AvgIpc) is 2.76. The van der Waals surface area contributed by atoms with Crippen LogP contribution < -0.4 is 5.32 Å². The third kappa shape index (κ3) is 3.24. The molecule has 5 nitrogen and oxygen atoms in total. The SMILES string of the molecule is Cc1noc(C)c1C(=O)Nc1cccc(CCCO)c1. The van der Waals surface area contributed by atoms with Crippen LogP contribution in [0.25, 0.3) is 0 Å². The lowest BCUT2D eigenvalue weighted by Crippen LogP contribution is -2.13. The number of nitrogens with one attached hydrogen (secondary N) is 1. The minimum Gasteiger partial charge on any atom is -0.396 e. The van der Waals surface area contributed by atoms with Gasteiger partial charge in [0.1, 0.15) is 11.3 Å². The Hall–Kier alpha value is -2.14. The van der Waals surface area contributed by atoms with Gasteiger partial charge in [-0.05, 0) is 44.4 Å². The number of carbonyl (C=O) groups is 1. The van der Waals surface area contributed by atoms with Crippen molar-refractivity contribution in [1.82, 2.24) is 5.16 Å². The van der Waals surface area contributed by atoms with Crippen LogP contribution >= 0.6 is 0 Å². The zero-order chi connectivity index (χ0) is 14.5. The Morgan fingerprint density at radius 1 is 1.40 bits per heavy atom. The van der Waals surface area contributed by atoms with E-state index in [2.05, 4.69) is 10.5 Å². The molecule has 20 heavy (non-hydrogen) atoms. The van der Waals surface area contributed by atoms with E-state index < -0.39 is 0 Å². The zero-order valence-corrected chi connectivity index (χ0v) is 11.6. The predicted molar refractivity (Wildman–Crippen MR) is 75.8 cm³/mol. The molecule has 0 unspecified atom stereocenters. The van der Waals surface area contributed by atoms with Crippen LogP contribution in [0.5, 0.6) is 0 Å². The highest BCUT2D eigenvalue weighted by molar-refractivity contribution is 6.05. The van der Waals surface area contributed by atoms with E-state index in [4.69, 9.17) is 9.63 Å². The van der Waals surface area contributed by atoms with E-state index in [1.807, 2.05) is 24.3 Å². The maximum Gasteiger partial charge on any atom is 0.261 e. The summed E-state index contributed by atoms with van der Waals surface area (Å²) in [5.74, 6) is 0.289. The Bertz CT molecular complexity index is 585. The van der Waals surface area contributed by atoms with Gasteiger partial charge in [-0.1, -0.05) is 17.3 Å². The van der Waals surface area contributed by atoms with E-state index in [0.717, 1.165) is 17.7 Å². The first-order valence-electron chi connectivity index (χ1n) is 6.56. The molecule has 0 atom stereocenters. The number of aliphatic hydroxyl groups excluding tert-OH is 1. The Morgan fingerprint density at radius 3 is 2.85 bits per heavy atom. The molecule has 0 saturated carbocycles. The average molecular weight is 274 g/mol. The van der Waals surface area contributed by atoms with Crippen LogP contribution in [0, 0.1) is 13.8 Å². The maximum atomic E-state index is 12.2. The number of hydrogen-bond acceptors (Lipinski definition) is 4. The Balaban J connectivity index is 2.12. The summed E-state index contributed by atoms with van der Waals surface area (Å²) in [7, 11) is 0. The summed E-state index contributed by atoms with van der Waals surface area (Å²) in [6, 6.07) is 7.60. The number of aromatic nitrogens is 1. The van der Waals surface area contributed by atoms with Gasteiger partial charge in [-0.3, -0.25) is 4.79 Å². The number of rotatable bonds is 5. The van der Waals surface area contributed by atoms with Crippen molar-refractivity contribution in [3.05, 3.63) is 46.8 Å². The molecule has 0 spiro atoms. The standard InChI is InChI=1S/C15H18N2O3/c1-10-14(11(2)20-17-10)15(19)16-13-7-3-5-12(9-13)6-4-8-18/h3,5,7,9,18H,4,6,8H2,1-2H3,(H,16,19). The van der Waals surface area contributed by atoms with Crippen LogP contribution in [-0.2, 0) is 6.42 Å². The number of aliphatic hydroxyl groups is 1. The largest absolute Gasteiger partial charge is 0.396 e. The normalized spacial score (nSPS) is 10.6. The Kier molecular flexibility index (Phi) is 4.53. The van der Waals surface area contributed by atoms with Crippen molar-refractivity contribution in [2.45, 2.75) is 26.7 Å². The number of anilines is 1. The first-order chi connectivity index (χ1) is 9.61. The first-order valence-corrected chi connectivity index (χ1v) is 6.56. The summed E-state index contributed by atoms with van der Waals surface area (Å²) < 4.78 is 4.99. The number of amides is 1. The fourth-order valence-corrected chi connectivity index (χ4v) is 2.09. The second-order valence-corrected chi connectivity index (χ2v) is 4.68. The lowest BCUT2D eigenvalue weighted by molar-refractivity contribution is 0.102. The van der Waals surface area contributed by atoms with E-state index in [-0.39, 0.29) is 12.5 Å². The molecular formula is C15H18N2O3. The second kappa shape index (κ2) is 6.34. The third-order valence-corrected chi connectivity index (χ3v) is 3.07. The summed E-state index contributed by atoms with van der Waals surface area (Å²) in [4.78, 5) is 12.2. The molecule has 106 valence electrons. The summed E-state index contributed by atoms with van der Waals surface area (Å²) in [6.45, 7) is 3.62. The first kappa shape index (κ1) is 14.3. The molecule has 2 N–H and O–H groups in total. The van der Waals surface area contributed by atoms with Crippen molar-refractivity contribution in [1.29, 1.82) is 0 Å². The third-order valence-electron chi connectivity index (χ3n) is 3.07. The van der Waals surface area contributed by atoms with Crippen molar-refractivity contribution in [3.8, 4) is 0 Å². The monoisotopic (exact) mass is 274 g/mol. The molecule has 2 rings (SSSR count). The van der Waals surface area contributed by atoms with Gasteiger partial charge in [0.25, 0.3) is 5.91 Å². The quantitative estimate of drug-likeness (QED) is 0.878. The Labute approximate surface area is 117 Å². The van der Waals surface area contributed by atoms with Crippen LogP contribution in [0.3, 0.4) is 0 Å². The van der Waals surface area contributed by atoms with Gasteiger partial charge in [-0.15, -0.1) is 0 Å². The van der Waals surface area contributed by atoms with Gasteiger partial charge in [-0.25, -0.2) is 0 Å². The van der Waals surface area contributed by atoms with Crippen LogP contribution in [0.1, 0.15) is 33.8 Å². The molecule has 0 saturated heterocycles. The molecule has 1 aromatic carbocycles. The summed E-state index contributed by atoms with van der Waals surface area (Å²) >= 11 is 0. The summed E-state index contributed by atoms with van der Waals surface area (Å²) in [6.07, 6.45) is 1.49. The number of carbonyl (C=O) groups excluding carboxylic acids is 1. The minimum absolute atomic E-state index is 0.162. The van der Waals surface area contributed by atoms with Crippen molar-refractivity contribution >= 4 is 11.6 Å². The number of nitrogens with zero attached hydrogens (tertiary/aromatic N) is 1. The van der Waals surface area contributed by atoms with E-state index >= 15 is 0 Å². The van der Waals surface area contributed by atoms with E-state index in [0.29, 0.717) is 23.4 Å². The molecule has 2 aromatic rings. The van der Waals surface area contributed by atoms with Gasteiger partial charge in [0.05, 0.1) is 5.69 Å². The fraction of sp³-hybridized carbons (Fsp3) is 0.333. The highest BCUT2D eigenvalue weighted by Crippen LogP contribution is 2.17. The highest BCUT2D eigenvalue weighted by atomic mass is 16.5. The van der Waals surface area contributed by atoms with Crippen molar-refractivity contribution in [2.24, 2.45) is 0 Å². The van der Waals surface area contributed by atoms with Gasteiger partial charge in [0.2, 0.25) is 0 Å². The molecule has 1 heterocycles. The predicted octanol–water partition coefficient (Wildman–Crippen LogP) is 2.47. The maximum absolute atomic E-state index is 12.2. The number of hydrogen-bond donors (Lipinski definition) is 2. The second-order valence-electron chi connectivity index (χ2n) is 4.68. The van der Waals surface area contributed by atoms with E-state index in [1.165, 1.54) is 0 Å². The van der Waals surface area contributed by atoms with Gasteiger partial charge >= 0.3 is 0 Å². The summed E-state index contributed by atoms with van der Waals surface area (Å²) in [5.41, 5.74) is 2.86. The topological polar surface area (TPSA) is 75.4 Å². The van der Waals surface area contributed by atoms with Crippen molar-refractivity contribution in [3.63, 3.8) is 0 Å². The number of aryl methyl sites for hydroxylation is 3. The molecule has 0 aliphatic rings. The summed E-state index contributed by atoms with van der Waals surface area (Å²) in [5, 5.41) is 15.5. The van der Waals surface area contributed by atoms with Crippen LogP contribution in [0.2, 0.25) is 0 Å². The lowest BCUT2D eigenvalue weighted by Gasteiger charge is -2.07. The number of benzene rings is 1. The van der Waals surface area contributed by atoms with E-state index in [1.54, 1.807) is 13.8 Å². The molecule has 0 fully saturated rings. The molecule has 1 aromatic heterocycles. The van der Waals surface area contributed by atoms with E-state index in [9.17, 15) is 4.79 Å². The van der Waals surface area contributed by atoms with Crippen LogP contribution in [-0.4, -0.2) is 22.8 Å². The molecule has 0 aliphatic carbocycles. The minimum atomic E-state index is -0.222. The zero-order valence-electron chi connectivity index (χ0n) is 11.6. The molecule has 1 amide bonds. The Morgan fingerprint density at radius 2 is 2.20 bits per heavy atom.